The number of aromatic nitrogens is 4. The average Bonchev–Trinajstić information content (AvgIpc) is 2.83. The van der Waals surface area contributed by atoms with Gasteiger partial charge in [0.1, 0.15) is 6.33 Å². The molecule has 6 heteroatoms. The zero-order valence-electron chi connectivity index (χ0n) is 8.48. The van der Waals surface area contributed by atoms with E-state index in [0.717, 1.165) is 11.3 Å². The van der Waals surface area contributed by atoms with Crippen LogP contribution >= 0.6 is 0 Å². The first-order valence-electron chi connectivity index (χ1n) is 4.49. The van der Waals surface area contributed by atoms with Gasteiger partial charge in [-0.05, 0) is 13.8 Å². The molecular formula is C9H11N5O. The molecule has 0 spiro atoms. The summed E-state index contributed by atoms with van der Waals surface area (Å²) in [4.78, 5) is 15.4. The monoisotopic (exact) mass is 205 g/mol. The minimum absolute atomic E-state index is 0.276. The third-order valence-corrected chi connectivity index (χ3v) is 2.22. The van der Waals surface area contributed by atoms with Gasteiger partial charge in [0.25, 0.3) is 0 Å². The molecule has 15 heavy (non-hydrogen) atoms. The van der Waals surface area contributed by atoms with Gasteiger partial charge in [-0.2, -0.15) is 5.10 Å². The molecule has 2 heterocycles. The van der Waals surface area contributed by atoms with E-state index in [0.29, 0.717) is 5.82 Å². The standard InChI is InChI=1S/C9H11N5O/c1-6-7(2)12-13-8(6)11-9(15)14-4-3-10-5-14/h3-5H,1-2H3,(H2,11,12,13,15). The molecule has 0 fully saturated rings. The van der Waals surface area contributed by atoms with Gasteiger partial charge in [-0.25, -0.2) is 9.78 Å². The molecular weight excluding hydrogens is 194 g/mol. The van der Waals surface area contributed by atoms with Crippen LogP contribution in [0.2, 0.25) is 0 Å². The van der Waals surface area contributed by atoms with E-state index in [9.17, 15) is 4.79 Å². The second-order valence-electron chi connectivity index (χ2n) is 3.22. The maximum absolute atomic E-state index is 11.6. The predicted molar refractivity (Wildman–Crippen MR) is 54.7 cm³/mol. The van der Waals surface area contributed by atoms with Crippen LogP contribution in [-0.4, -0.2) is 25.8 Å². The first kappa shape index (κ1) is 9.45. The van der Waals surface area contributed by atoms with Crippen LogP contribution in [0.5, 0.6) is 0 Å². The van der Waals surface area contributed by atoms with Crippen molar-refractivity contribution in [1.29, 1.82) is 0 Å². The number of carbonyl (C=O) groups is 1. The summed E-state index contributed by atoms with van der Waals surface area (Å²) in [7, 11) is 0. The van der Waals surface area contributed by atoms with Gasteiger partial charge in [-0.1, -0.05) is 0 Å². The van der Waals surface area contributed by atoms with Gasteiger partial charge in [-0.3, -0.25) is 15.0 Å². The molecule has 2 rings (SSSR count). The molecule has 0 atom stereocenters. The maximum atomic E-state index is 11.6. The van der Waals surface area contributed by atoms with Gasteiger partial charge >= 0.3 is 6.03 Å². The lowest BCUT2D eigenvalue weighted by molar-refractivity contribution is 0.253. The number of imidazole rings is 1. The molecule has 0 aliphatic heterocycles. The highest BCUT2D eigenvalue weighted by molar-refractivity contribution is 5.90. The summed E-state index contributed by atoms with van der Waals surface area (Å²) in [5.74, 6) is 0.547. The van der Waals surface area contributed by atoms with E-state index in [4.69, 9.17) is 0 Å². The smallest absolute Gasteiger partial charge is 0.290 e. The lowest BCUT2D eigenvalue weighted by Gasteiger charge is -2.02. The molecule has 2 N–H and O–H groups in total. The molecule has 2 aromatic heterocycles. The van der Waals surface area contributed by atoms with Crippen molar-refractivity contribution in [3.63, 3.8) is 0 Å². The number of aryl methyl sites for hydroxylation is 1. The lowest BCUT2D eigenvalue weighted by atomic mass is 10.3. The Hall–Kier alpha value is -2.11. The van der Waals surface area contributed by atoms with Crippen LogP contribution in [-0.2, 0) is 0 Å². The van der Waals surface area contributed by atoms with Crippen molar-refractivity contribution in [1.82, 2.24) is 19.7 Å². The van der Waals surface area contributed by atoms with Crippen molar-refractivity contribution < 1.29 is 4.79 Å². The third-order valence-electron chi connectivity index (χ3n) is 2.22. The van der Waals surface area contributed by atoms with Gasteiger partial charge in [0.15, 0.2) is 5.82 Å². The van der Waals surface area contributed by atoms with E-state index < -0.39 is 0 Å². The summed E-state index contributed by atoms with van der Waals surface area (Å²) in [6, 6.07) is -0.276. The number of carbonyl (C=O) groups excluding carboxylic acids is 1. The Bertz CT molecular complexity index is 471. The molecule has 2 aromatic rings. The Morgan fingerprint density at radius 1 is 1.53 bits per heavy atom. The SMILES string of the molecule is Cc1[nH]nc(NC(=O)n2ccnc2)c1C. The van der Waals surface area contributed by atoms with Crippen molar-refractivity contribution >= 4 is 11.8 Å². The Morgan fingerprint density at radius 3 is 2.87 bits per heavy atom. The van der Waals surface area contributed by atoms with Crippen molar-refractivity contribution in [3.8, 4) is 0 Å². The van der Waals surface area contributed by atoms with Crippen LogP contribution in [0.25, 0.3) is 0 Å². The second-order valence-corrected chi connectivity index (χ2v) is 3.22. The van der Waals surface area contributed by atoms with E-state index in [-0.39, 0.29) is 6.03 Å². The molecule has 0 saturated carbocycles. The number of hydrogen-bond donors (Lipinski definition) is 2. The van der Waals surface area contributed by atoms with Gasteiger partial charge in [0, 0.05) is 23.7 Å². The number of rotatable bonds is 1. The second kappa shape index (κ2) is 3.56. The number of hydrogen-bond acceptors (Lipinski definition) is 3. The van der Waals surface area contributed by atoms with Crippen molar-refractivity contribution in [2.75, 3.05) is 5.32 Å². The predicted octanol–water partition coefficient (Wildman–Crippen LogP) is 1.30. The largest absolute Gasteiger partial charge is 0.332 e. The normalized spacial score (nSPS) is 10.3. The topological polar surface area (TPSA) is 75.6 Å². The Balaban J connectivity index is 2.16. The van der Waals surface area contributed by atoms with E-state index in [1.807, 2.05) is 13.8 Å². The Kier molecular flexibility index (Phi) is 2.24. The van der Waals surface area contributed by atoms with Crippen LogP contribution < -0.4 is 5.32 Å². The highest BCUT2D eigenvalue weighted by Crippen LogP contribution is 2.13. The fourth-order valence-electron chi connectivity index (χ4n) is 1.15. The van der Waals surface area contributed by atoms with Crippen LogP contribution in [0.15, 0.2) is 18.7 Å². The number of anilines is 1. The maximum Gasteiger partial charge on any atom is 0.332 e. The number of amides is 1. The zero-order chi connectivity index (χ0) is 10.8. The number of H-pyrrole nitrogens is 1. The zero-order valence-corrected chi connectivity index (χ0v) is 8.48. The molecule has 0 unspecified atom stereocenters. The minimum atomic E-state index is -0.276. The summed E-state index contributed by atoms with van der Waals surface area (Å²) in [6.45, 7) is 3.79. The summed E-state index contributed by atoms with van der Waals surface area (Å²) in [5.41, 5.74) is 1.87. The molecule has 0 saturated heterocycles. The Labute approximate surface area is 86.3 Å². The van der Waals surface area contributed by atoms with Crippen molar-refractivity contribution in [2.45, 2.75) is 13.8 Å². The third kappa shape index (κ3) is 1.74. The molecule has 0 aliphatic rings. The molecule has 1 amide bonds. The summed E-state index contributed by atoms with van der Waals surface area (Å²) in [5, 5.41) is 9.45. The molecule has 78 valence electrons. The summed E-state index contributed by atoms with van der Waals surface area (Å²) in [6.07, 6.45) is 4.55. The summed E-state index contributed by atoms with van der Waals surface area (Å²) >= 11 is 0. The first-order valence-corrected chi connectivity index (χ1v) is 4.49. The molecule has 0 radical (unpaired) electrons. The quantitative estimate of drug-likeness (QED) is 0.736. The van der Waals surface area contributed by atoms with Crippen molar-refractivity contribution in [2.24, 2.45) is 0 Å². The fourth-order valence-corrected chi connectivity index (χ4v) is 1.15. The van der Waals surface area contributed by atoms with Gasteiger partial charge in [0.05, 0.1) is 0 Å². The van der Waals surface area contributed by atoms with E-state index in [1.165, 1.54) is 10.9 Å². The lowest BCUT2D eigenvalue weighted by Crippen LogP contribution is -2.18. The number of nitrogens with zero attached hydrogens (tertiary/aromatic N) is 3. The Morgan fingerprint density at radius 2 is 2.33 bits per heavy atom. The fraction of sp³-hybridized carbons (Fsp3) is 0.222. The average molecular weight is 205 g/mol. The minimum Gasteiger partial charge on any atom is -0.290 e. The van der Waals surface area contributed by atoms with Gasteiger partial charge in [-0.15, -0.1) is 0 Å². The number of nitrogens with one attached hydrogen (secondary N) is 2. The van der Waals surface area contributed by atoms with Gasteiger partial charge < -0.3 is 0 Å². The van der Waals surface area contributed by atoms with Gasteiger partial charge in [0.2, 0.25) is 0 Å². The van der Waals surface area contributed by atoms with E-state index >= 15 is 0 Å². The van der Waals surface area contributed by atoms with Crippen LogP contribution in [0, 0.1) is 13.8 Å². The first-order chi connectivity index (χ1) is 7.18. The number of aromatic amines is 1. The highest BCUT2D eigenvalue weighted by atomic mass is 16.2. The highest BCUT2D eigenvalue weighted by Gasteiger charge is 2.09. The van der Waals surface area contributed by atoms with Crippen molar-refractivity contribution in [3.05, 3.63) is 30.0 Å². The van der Waals surface area contributed by atoms with Crippen LogP contribution in [0.4, 0.5) is 10.6 Å². The summed E-state index contributed by atoms with van der Waals surface area (Å²) < 4.78 is 1.35. The van der Waals surface area contributed by atoms with E-state index in [2.05, 4.69) is 20.5 Å². The van der Waals surface area contributed by atoms with E-state index in [1.54, 1.807) is 12.4 Å². The van der Waals surface area contributed by atoms with Crippen LogP contribution in [0.1, 0.15) is 11.3 Å². The van der Waals surface area contributed by atoms with Crippen LogP contribution in [0.3, 0.4) is 0 Å². The molecule has 6 nitrogen and oxygen atoms in total. The molecule has 0 aliphatic carbocycles. The molecule has 0 bridgehead atoms. The molecule has 0 aromatic carbocycles.